The van der Waals surface area contributed by atoms with Crippen LogP contribution in [-0.2, 0) is 10.8 Å². The highest BCUT2D eigenvalue weighted by Gasteiger charge is 2.13. The number of hydrazone groups is 1. The van der Waals surface area contributed by atoms with Gasteiger partial charge in [0.05, 0.1) is 12.4 Å². The van der Waals surface area contributed by atoms with Gasteiger partial charge in [0, 0.05) is 0 Å². The second kappa shape index (κ2) is 10.2. The normalized spacial score (nSPS) is 13.0. The summed E-state index contributed by atoms with van der Waals surface area (Å²) in [5.41, 5.74) is 13.2. The molecule has 0 bridgehead atoms. The smallest absolute Gasteiger partial charge is 0.234 e. The van der Waals surface area contributed by atoms with E-state index in [1.165, 1.54) is 11.1 Å². The first kappa shape index (κ1) is 24.4. The number of guanidine groups is 1. The van der Waals surface area contributed by atoms with Gasteiger partial charge in [-0.2, -0.15) is 10.2 Å². The minimum absolute atomic E-state index is 0. The summed E-state index contributed by atoms with van der Waals surface area (Å²) in [6, 6.07) is 16.5. The maximum absolute atomic E-state index is 5.78. The van der Waals surface area contributed by atoms with Gasteiger partial charge in [-0.25, -0.2) is 5.43 Å². The standard InChI is InChI=1S/C23H31N5.ClH/c1-22(2,3)19-11-7-17(8-12-19)15-25-27-21(24)28-26-16-18-9-13-20(14-10-18)23(4,5)6;/h7-16H,1-6H3,(H3,24,27,28);1H/b25-15+,26-16+;. The summed E-state index contributed by atoms with van der Waals surface area (Å²) in [5, 5.41) is 12.0. The van der Waals surface area contributed by atoms with Crippen LogP contribution in [0.15, 0.2) is 63.8 Å². The van der Waals surface area contributed by atoms with Crippen LogP contribution in [0.1, 0.15) is 63.8 Å². The average molecular weight is 414 g/mol. The van der Waals surface area contributed by atoms with Crippen LogP contribution in [0.3, 0.4) is 0 Å². The summed E-state index contributed by atoms with van der Waals surface area (Å²) in [5.74, 6) is 0.130. The quantitative estimate of drug-likeness (QED) is 0.421. The van der Waals surface area contributed by atoms with Crippen LogP contribution in [0.4, 0.5) is 0 Å². The van der Waals surface area contributed by atoms with Crippen molar-refractivity contribution < 1.29 is 0 Å². The molecule has 0 unspecified atom stereocenters. The van der Waals surface area contributed by atoms with Crippen molar-refractivity contribution in [3.63, 3.8) is 0 Å². The Hall–Kier alpha value is -2.66. The van der Waals surface area contributed by atoms with Gasteiger partial charge in [0.25, 0.3) is 0 Å². The molecule has 0 aliphatic heterocycles. The van der Waals surface area contributed by atoms with Crippen LogP contribution in [0.25, 0.3) is 0 Å². The molecule has 6 heteroatoms. The summed E-state index contributed by atoms with van der Waals surface area (Å²) in [6.07, 6.45) is 3.36. The highest BCUT2D eigenvalue weighted by Crippen LogP contribution is 2.22. The maximum Gasteiger partial charge on any atom is 0.234 e. The fourth-order valence-electron chi connectivity index (χ4n) is 2.49. The van der Waals surface area contributed by atoms with Crippen molar-refractivity contribution >= 4 is 30.8 Å². The zero-order valence-corrected chi connectivity index (χ0v) is 18.9. The molecule has 0 saturated carbocycles. The lowest BCUT2D eigenvalue weighted by atomic mass is 9.87. The van der Waals surface area contributed by atoms with Crippen LogP contribution in [0.2, 0.25) is 0 Å². The lowest BCUT2D eigenvalue weighted by Crippen LogP contribution is -2.26. The molecule has 3 N–H and O–H groups in total. The third-order valence-electron chi connectivity index (χ3n) is 4.32. The van der Waals surface area contributed by atoms with Gasteiger partial charge in [-0.05, 0) is 33.1 Å². The molecule has 29 heavy (non-hydrogen) atoms. The topological polar surface area (TPSA) is 75.1 Å². The van der Waals surface area contributed by atoms with E-state index in [2.05, 4.69) is 86.5 Å². The maximum atomic E-state index is 5.78. The van der Waals surface area contributed by atoms with E-state index in [1.807, 2.05) is 24.3 Å². The summed E-state index contributed by atoms with van der Waals surface area (Å²) >= 11 is 0. The second-order valence-corrected chi connectivity index (χ2v) is 8.84. The first-order valence-electron chi connectivity index (χ1n) is 9.42. The molecule has 0 atom stereocenters. The van der Waals surface area contributed by atoms with Crippen molar-refractivity contribution in [2.45, 2.75) is 52.4 Å². The van der Waals surface area contributed by atoms with E-state index in [1.54, 1.807) is 12.4 Å². The zero-order chi connectivity index (χ0) is 20.8. The van der Waals surface area contributed by atoms with E-state index >= 15 is 0 Å². The van der Waals surface area contributed by atoms with Crippen molar-refractivity contribution in [1.29, 1.82) is 0 Å². The van der Waals surface area contributed by atoms with E-state index in [4.69, 9.17) is 5.73 Å². The monoisotopic (exact) mass is 413 g/mol. The van der Waals surface area contributed by atoms with E-state index in [-0.39, 0.29) is 29.2 Å². The minimum atomic E-state index is 0. The van der Waals surface area contributed by atoms with Crippen LogP contribution < -0.4 is 11.2 Å². The molecule has 0 heterocycles. The first-order valence-corrected chi connectivity index (χ1v) is 9.42. The summed E-state index contributed by atoms with van der Waals surface area (Å²) < 4.78 is 0. The van der Waals surface area contributed by atoms with Gasteiger partial charge < -0.3 is 5.73 Å². The molecule has 0 aromatic heterocycles. The van der Waals surface area contributed by atoms with Gasteiger partial charge in [0.15, 0.2) is 0 Å². The number of hydrogen-bond donors (Lipinski definition) is 2. The summed E-state index contributed by atoms with van der Waals surface area (Å²) in [6.45, 7) is 13.1. The number of benzene rings is 2. The number of hydrogen-bond acceptors (Lipinski definition) is 3. The van der Waals surface area contributed by atoms with Crippen LogP contribution in [0, 0.1) is 0 Å². The molecule has 0 radical (unpaired) electrons. The minimum Gasteiger partial charge on any atom is -0.367 e. The Morgan fingerprint density at radius 3 is 1.59 bits per heavy atom. The Kier molecular flexibility index (Phi) is 8.59. The van der Waals surface area contributed by atoms with E-state index in [0.717, 1.165) is 11.1 Å². The third-order valence-corrected chi connectivity index (χ3v) is 4.32. The van der Waals surface area contributed by atoms with Gasteiger partial charge in [-0.3, -0.25) is 0 Å². The van der Waals surface area contributed by atoms with Crippen molar-refractivity contribution in [3.05, 3.63) is 70.8 Å². The Morgan fingerprint density at radius 1 is 0.759 bits per heavy atom. The van der Waals surface area contributed by atoms with Gasteiger partial charge in [-0.1, -0.05) is 90.1 Å². The molecule has 0 spiro atoms. The molecule has 2 rings (SSSR count). The highest BCUT2D eigenvalue weighted by atomic mass is 35.5. The molecular weight excluding hydrogens is 382 g/mol. The largest absolute Gasteiger partial charge is 0.367 e. The lowest BCUT2D eigenvalue weighted by molar-refractivity contribution is 0.590. The summed E-state index contributed by atoms with van der Waals surface area (Å²) in [7, 11) is 0. The van der Waals surface area contributed by atoms with Crippen molar-refractivity contribution in [1.82, 2.24) is 5.43 Å². The Morgan fingerprint density at radius 2 is 1.17 bits per heavy atom. The van der Waals surface area contributed by atoms with E-state index in [9.17, 15) is 0 Å². The second-order valence-electron chi connectivity index (χ2n) is 8.84. The molecule has 156 valence electrons. The van der Waals surface area contributed by atoms with Crippen LogP contribution in [-0.4, -0.2) is 18.4 Å². The molecule has 0 fully saturated rings. The molecule has 5 nitrogen and oxygen atoms in total. The third kappa shape index (κ3) is 8.08. The molecule has 0 aliphatic rings. The van der Waals surface area contributed by atoms with E-state index in [0.29, 0.717) is 0 Å². The van der Waals surface area contributed by atoms with Gasteiger partial charge in [0.1, 0.15) is 0 Å². The number of nitrogens with two attached hydrogens (primary N) is 1. The van der Waals surface area contributed by atoms with Gasteiger partial charge >= 0.3 is 0 Å². The number of nitrogens with one attached hydrogen (secondary N) is 1. The fourth-order valence-corrected chi connectivity index (χ4v) is 2.49. The number of nitrogens with zero attached hydrogens (tertiary/aromatic N) is 3. The molecule has 0 amide bonds. The fraction of sp³-hybridized carbons (Fsp3) is 0.348. The van der Waals surface area contributed by atoms with Crippen molar-refractivity contribution in [2.24, 2.45) is 21.0 Å². The summed E-state index contributed by atoms with van der Waals surface area (Å²) in [4.78, 5) is 0. The predicted octanol–water partition coefficient (Wildman–Crippen LogP) is 4.98. The Balaban J connectivity index is 0.00000420. The van der Waals surface area contributed by atoms with Crippen molar-refractivity contribution in [2.75, 3.05) is 0 Å². The highest BCUT2D eigenvalue weighted by molar-refractivity contribution is 5.85. The van der Waals surface area contributed by atoms with Crippen LogP contribution >= 0.6 is 12.4 Å². The Labute approximate surface area is 180 Å². The predicted molar refractivity (Wildman–Crippen MR) is 127 cm³/mol. The number of halogens is 1. The van der Waals surface area contributed by atoms with Gasteiger partial charge in [0.2, 0.25) is 5.96 Å². The van der Waals surface area contributed by atoms with Crippen LogP contribution in [0.5, 0.6) is 0 Å². The van der Waals surface area contributed by atoms with E-state index < -0.39 is 0 Å². The zero-order valence-electron chi connectivity index (χ0n) is 18.1. The van der Waals surface area contributed by atoms with Gasteiger partial charge in [-0.15, -0.1) is 17.5 Å². The molecule has 2 aromatic carbocycles. The Bertz CT molecular complexity index is 852. The first-order chi connectivity index (χ1) is 13.1. The molecular formula is C23H32ClN5. The molecule has 2 aromatic rings. The average Bonchev–Trinajstić information content (AvgIpc) is 2.61. The van der Waals surface area contributed by atoms with Crippen molar-refractivity contribution in [3.8, 4) is 0 Å². The SMILES string of the molecule is CC(C)(C)c1ccc(/C=N/N=C(\N)N/N=C/c2ccc(C(C)(C)C)cc2)cc1.Cl. The molecule has 0 aliphatic carbocycles. The molecule has 0 saturated heterocycles. The lowest BCUT2D eigenvalue weighted by Gasteiger charge is -2.18. The number of rotatable bonds is 4.